The normalized spacial score (nSPS) is 16.4. The van der Waals surface area contributed by atoms with E-state index >= 15 is 0 Å². The summed E-state index contributed by atoms with van der Waals surface area (Å²) < 4.78 is 7.49. The van der Waals surface area contributed by atoms with Crippen molar-refractivity contribution in [1.29, 1.82) is 5.26 Å². The molecule has 0 aliphatic carbocycles. The number of allylic oxidation sites excluding steroid dienone is 1. The summed E-state index contributed by atoms with van der Waals surface area (Å²) in [7, 11) is 0. The van der Waals surface area contributed by atoms with Crippen LogP contribution in [-0.4, -0.2) is 17.1 Å². The smallest absolute Gasteiger partial charge is 0.338 e. The summed E-state index contributed by atoms with van der Waals surface area (Å²) in [5.41, 5.74) is 8.48. The Bertz CT molecular complexity index is 1440. The minimum Gasteiger partial charge on any atom is -0.463 e. The Morgan fingerprint density at radius 2 is 2.00 bits per heavy atom. The highest BCUT2D eigenvalue weighted by Crippen LogP contribution is 2.40. The fraction of sp³-hybridized carbons (Fsp3) is 0.227. The van der Waals surface area contributed by atoms with Crippen LogP contribution in [0.5, 0.6) is 0 Å². The van der Waals surface area contributed by atoms with E-state index in [1.807, 2.05) is 42.8 Å². The first-order valence-electron chi connectivity index (χ1n) is 9.52. The van der Waals surface area contributed by atoms with E-state index in [-0.39, 0.29) is 29.1 Å². The molecular formula is C22H19N3O3S3. The summed E-state index contributed by atoms with van der Waals surface area (Å²) in [5.74, 6) is -1.15. The number of thiophene rings is 2. The largest absolute Gasteiger partial charge is 0.463 e. The van der Waals surface area contributed by atoms with Crippen LogP contribution in [0.4, 0.5) is 0 Å². The zero-order valence-electron chi connectivity index (χ0n) is 17.1. The van der Waals surface area contributed by atoms with Crippen molar-refractivity contribution in [1.82, 2.24) is 4.57 Å². The molecule has 1 aliphatic rings. The molecule has 0 aromatic carbocycles. The number of rotatable bonds is 4. The standard InChI is InChI=1S/C22H19N3O3S3/c1-4-28-22(27)17-16(18-12(3)6-8-30-18)13(10-23)19(24)25-20(26)15(31-21(17)25)9-14-11(2)5-7-29-14/h5-9,16H,4,24H2,1-3H3. The van der Waals surface area contributed by atoms with E-state index in [0.29, 0.717) is 9.20 Å². The zero-order valence-corrected chi connectivity index (χ0v) is 19.5. The van der Waals surface area contributed by atoms with Crippen molar-refractivity contribution in [2.45, 2.75) is 26.7 Å². The summed E-state index contributed by atoms with van der Waals surface area (Å²) in [5, 5.41) is 13.8. The number of fused-ring (bicyclic) bond motifs is 1. The molecule has 1 aliphatic heterocycles. The van der Waals surface area contributed by atoms with Crippen molar-refractivity contribution >= 4 is 57.4 Å². The molecule has 0 radical (unpaired) electrons. The molecular weight excluding hydrogens is 450 g/mol. The SMILES string of the molecule is CCOC(=O)C1=c2sc(=Cc3sccc3C)c(=O)n2C(N)=C(C#N)C1c1sccc1C. The highest BCUT2D eigenvalue weighted by atomic mass is 32.1. The molecule has 3 aromatic heterocycles. The van der Waals surface area contributed by atoms with Crippen LogP contribution in [0.1, 0.15) is 33.7 Å². The lowest BCUT2D eigenvalue weighted by Crippen LogP contribution is -2.40. The van der Waals surface area contributed by atoms with Gasteiger partial charge in [0, 0.05) is 9.75 Å². The Hall–Kier alpha value is -2.93. The van der Waals surface area contributed by atoms with E-state index in [2.05, 4.69) is 6.07 Å². The third kappa shape index (κ3) is 3.47. The van der Waals surface area contributed by atoms with Crippen LogP contribution in [0, 0.1) is 25.2 Å². The molecule has 1 atom stereocenters. The fourth-order valence-corrected chi connectivity index (χ4v) is 6.67. The van der Waals surface area contributed by atoms with Gasteiger partial charge in [-0.05, 0) is 60.9 Å². The molecule has 0 bridgehead atoms. The van der Waals surface area contributed by atoms with E-state index in [9.17, 15) is 14.9 Å². The molecule has 31 heavy (non-hydrogen) atoms. The molecule has 4 heterocycles. The van der Waals surface area contributed by atoms with Crippen LogP contribution >= 0.6 is 34.0 Å². The molecule has 2 N–H and O–H groups in total. The highest BCUT2D eigenvalue weighted by Gasteiger charge is 2.37. The van der Waals surface area contributed by atoms with Crippen LogP contribution in [0.2, 0.25) is 0 Å². The van der Waals surface area contributed by atoms with Gasteiger partial charge in [-0.25, -0.2) is 4.79 Å². The Balaban J connectivity index is 2.13. The summed E-state index contributed by atoms with van der Waals surface area (Å²) in [6.07, 6.45) is 1.81. The number of aromatic nitrogens is 1. The topological polar surface area (TPSA) is 98.1 Å². The van der Waals surface area contributed by atoms with Gasteiger partial charge in [-0.15, -0.1) is 34.0 Å². The lowest BCUT2D eigenvalue weighted by atomic mass is 9.87. The Morgan fingerprint density at radius 1 is 1.29 bits per heavy atom. The number of nitrogens with zero attached hydrogens (tertiary/aromatic N) is 2. The number of nitrogens with two attached hydrogens (primary N) is 1. The Labute approximate surface area is 190 Å². The first kappa shape index (κ1) is 21.3. The molecule has 3 aromatic rings. The van der Waals surface area contributed by atoms with Crippen LogP contribution in [0.15, 0.2) is 33.3 Å². The average molecular weight is 470 g/mol. The van der Waals surface area contributed by atoms with E-state index in [0.717, 1.165) is 20.9 Å². The minimum absolute atomic E-state index is 0.0622. The van der Waals surface area contributed by atoms with Crippen molar-refractivity contribution in [3.8, 4) is 6.07 Å². The number of hydrogen-bond acceptors (Lipinski definition) is 8. The number of aryl methyl sites for hydroxylation is 2. The zero-order chi connectivity index (χ0) is 22.3. The molecule has 158 valence electrons. The molecule has 0 fully saturated rings. The maximum Gasteiger partial charge on any atom is 0.338 e. The predicted molar refractivity (Wildman–Crippen MR) is 125 cm³/mol. The Morgan fingerprint density at radius 3 is 2.58 bits per heavy atom. The molecule has 6 nitrogen and oxygen atoms in total. The van der Waals surface area contributed by atoms with Gasteiger partial charge >= 0.3 is 5.97 Å². The molecule has 0 saturated heterocycles. The van der Waals surface area contributed by atoms with Gasteiger partial charge in [-0.1, -0.05) is 0 Å². The molecule has 1 unspecified atom stereocenters. The summed E-state index contributed by atoms with van der Waals surface area (Å²) in [4.78, 5) is 28.2. The van der Waals surface area contributed by atoms with Gasteiger partial charge in [0.25, 0.3) is 5.56 Å². The molecule has 0 saturated carbocycles. The second-order valence-electron chi connectivity index (χ2n) is 6.97. The second-order valence-corrected chi connectivity index (χ2v) is 9.90. The molecule has 0 amide bonds. The average Bonchev–Trinajstić information content (AvgIpc) is 3.42. The van der Waals surface area contributed by atoms with Gasteiger partial charge in [-0.3, -0.25) is 9.36 Å². The number of nitriles is 1. The Kier molecular flexibility index (Phi) is 5.71. The van der Waals surface area contributed by atoms with Crippen LogP contribution in [0.3, 0.4) is 0 Å². The van der Waals surface area contributed by atoms with Crippen LogP contribution < -0.4 is 20.5 Å². The maximum absolute atomic E-state index is 13.3. The van der Waals surface area contributed by atoms with Crippen LogP contribution in [0.25, 0.3) is 17.5 Å². The molecule has 9 heteroatoms. The monoisotopic (exact) mass is 469 g/mol. The highest BCUT2D eigenvalue weighted by molar-refractivity contribution is 7.11. The third-order valence-corrected chi connectivity index (χ3v) is 8.25. The summed E-state index contributed by atoms with van der Waals surface area (Å²) in [6, 6.07) is 6.06. The first-order chi connectivity index (χ1) is 14.9. The van der Waals surface area contributed by atoms with Gasteiger partial charge in [0.15, 0.2) is 0 Å². The van der Waals surface area contributed by atoms with E-state index < -0.39 is 11.9 Å². The number of thiazole rings is 1. The number of carbonyl (C=O) groups is 1. The predicted octanol–water partition coefficient (Wildman–Crippen LogP) is 2.64. The van der Waals surface area contributed by atoms with Crippen molar-refractivity contribution < 1.29 is 9.53 Å². The van der Waals surface area contributed by atoms with Crippen molar-refractivity contribution in [3.63, 3.8) is 0 Å². The number of ether oxygens (including phenoxy) is 1. The van der Waals surface area contributed by atoms with Gasteiger partial charge < -0.3 is 10.5 Å². The lowest BCUT2D eigenvalue weighted by molar-refractivity contribution is -0.136. The van der Waals surface area contributed by atoms with E-state index in [1.165, 1.54) is 38.6 Å². The number of hydrogen-bond donors (Lipinski definition) is 1. The lowest BCUT2D eigenvalue weighted by Gasteiger charge is -2.24. The quantitative estimate of drug-likeness (QED) is 0.593. The summed E-state index contributed by atoms with van der Waals surface area (Å²) >= 11 is 4.18. The number of carbonyl (C=O) groups excluding carboxylic acids is 1. The van der Waals surface area contributed by atoms with Crippen LogP contribution in [-0.2, 0) is 9.53 Å². The van der Waals surface area contributed by atoms with Gasteiger partial charge in [0.1, 0.15) is 10.5 Å². The second kappa shape index (κ2) is 8.30. The van der Waals surface area contributed by atoms with Crippen molar-refractivity contribution in [2.75, 3.05) is 6.61 Å². The first-order valence-corrected chi connectivity index (χ1v) is 12.1. The molecule has 0 spiro atoms. The van der Waals surface area contributed by atoms with Crippen molar-refractivity contribution in [2.24, 2.45) is 5.73 Å². The third-order valence-electron chi connectivity index (χ3n) is 5.09. The van der Waals surface area contributed by atoms with Gasteiger partial charge in [-0.2, -0.15) is 5.26 Å². The summed E-state index contributed by atoms with van der Waals surface area (Å²) in [6.45, 7) is 5.81. The molecule has 4 rings (SSSR count). The van der Waals surface area contributed by atoms with Gasteiger partial charge in [0.05, 0.1) is 34.3 Å². The minimum atomic E-state index is -0.668. The number of esters is 1. The van der Waals surface area contributed by atoms with Crippen molar-refractivity contribution in [3.05, 3.63) is 68.9 Å². The van der Waals surface area contributed by atoms with Gasteiger partial charge in [0.2, 0.25) is 0 Å². The van der Waals surface area contributed by atoms with E-state index in [1.54, 1.807) is 6.92 Å². The van der Waals surface area contributed by atoms with E-state index in [4.69, 9.17) is 10.5 Å². The fourth-order valence-electron chi connectivity index (χ4n) is 3.55. The maximum atomic E-state index is 13.3.